The Morgan fingerprint density at radius 2 is 2.05 bits per heavy atom. The fourth-order valence-electron chi connectivity index (χ4n) is 2.27. The summed E-state index contributed by atoms with van der Waals surface area (Å²) in [6.45, 7) is 5.33. The van der Waals surface area contributed by atoms with Gasteiger partial charge in [0.15, 0.2) is 0 Å². The van der Waals surface area contributed by atoms with Crippen LogP contribution in [0.25, 0.3) is 0 Å². The Balaban J connectivity index is 0.00000200. The summed E-state index contributed by atoms with van der Waals surface area (Å²) in [6.07, 6.45) is 1.89. The minimum Gasteiger partial charge on any atom is -0.317 e. The second kappa shape index (κ2) is 8.10. The lowest BCUT2D eigenvalue weighted by Gasteiger charge is -2.30. The van der Waals surface area contributed by atoms with Crippen LogP contribution in [0.3, 0.4) is 0 Å². The first-order valence-electron chi connectivity index (χ1n) is 6.50. The molecule has 8 heteroatoms. The highest BCUT2D eigenvalue weighted by Gasteiger charge is 2.30. The molecule has 0 bridgehead atoms. The molecule has 1 saturated heterocycles. The van der Waals surface area contributed by atoms with E-state index in [0.29, 0.717) is 23.2 Å². The molecule has 1 aromatic rings. The van der Waals surface area contributed by atoms with E-state index in [1.807, 2.05) is 0 Å². The van der Waals surface area contributed by atoms with Crippen LogP contribution in [-0.2, 0) is 10.0 Å². The topological polar surface area (TPSA) is 49.4 Å². The van der Waals surface area contributed by atoms with Crippen LogP contribution in [-0.4, -0.2) is 38.9 Å². The zero-order chi connectivity index (χ0) is 13.9. The van der Waals surface area contributed by atoms with Crippen molar-refractivity contribution in [2.45, 2.75) is 24.0 Å². The molecule has 116 valence electrons. The van der Waals surface area contributed by atoms with Gasteiger partial charge in [0.05, 0.1) is 3.79 Å². The molecule has 0 radical (unpaired) electrons. The van der Waals surface area contributed by atoms with E-state index in [0.717, 1.165) is 29.7 Å². The summed E-state index contributed by atoms with van der Waals surface area (Å²) in [4.78, 5) is 0. The van der Waals surface area contributed by atoms with Gasteiger partial charge in [0.1, 0.15) is 4.21 Å². The van der Waals surface area contributed by atoms with Crippen LogP contribution in [0, 0.1) is 5.92 Å². The molecular weight excluding hydrogens is 384 g/mol. The number of nitrogens with zero attached hydrogens (tertiary/aromatic N) is 1. The Hall–Kier alpha value is 0.340. The van der Waals surface area contributed by atoms with Crippen molar-refractivity contribution in [1.29, 1.82) is 0 Å². The number of piperidine rings is 1. The molecule has 1 aliphatic heterocycles. The number of thiophene rings is 1. The van der Waals surface area contributed by atoms with Crippen LogP contribution in [0.4, 0.5) is 0 Å². The van der Waals surface area contributed by atoms with E-state index in [1.165, 1.54) is 11.3 Å². The number of rotatable bonds is 5. The second-order valence-electron chi connectivity index (χ2n) is 4.71. The van der Waals surface area contributed by atoms with Gasteiger partial charge < -0.3 is 5.32 Å². The van der Waals surface area contributed by atoms with Crippen molar-refractivity contribution in [1.82, 2.24) is 9.62 Å². The van der Waals surface area contributed by atoms with Crippen molar-refractivity contribution in [3.8, 4) is 0 Å². The van der Waals surface area contributed by atoms with Crippen molar-refractivity contribution >= 4 is 49.7 Å². The highest BCUT2D eigenvalue weighted by Crippen LogP contribution is 2.30. The van der Waals surface area contributed by atoms with Crippen LogP contribution in [0.2, 0.25) is 0 Å². The van der Waals surface area contributed by atoms with E-state index >= 15 is 0 Å². The lowest BCUT2D eigenvalue weighted by atomic mass is 9.98. The van der Waals surface area contributed by atoms with Crippen LogP contribution in [0.1, 0.15) is 19.8 Å². The maximum atomic E-state index is 12.4. The predicted octanol–water partition coefficient (Wildman–Crippen LogP) is 2.94. The molecule has 4 nitrogen and oxygen atoms in total. The minimum absolute atomic E-state index is 0. The molecule has 0 aromatic carbocycles. The third kappa shape index (κ3) is 4.42. The van der Waals surface area contributed by atoms with Gasteiger partial charge in [-0.05, 0) is 59.9 Å². The van der Waals surface area contributed by atoms with Crippen molar-refractivity contribution < 1.29 is 8.42 Å². The molecule has 0 saturated carbocycles. The van der Waals surface area contributed by atoms with Crippen molar-refractivity contribution in [3.63, 3.8) is 0 Å². The van der Waals surface area contributed by atoms with Gasteiger partial charge in [-0.3, -0.25) is 0 Å². The lowest BCUT2D eigenvalue weighted by molar-refractivity contribution is 0.269. The average molecular weight is 404 g/mol. The minimum atomic E-state index is -3.28. The van der Waals surface area contributed by atoms with Gasteiger partial charge in [-0.2, -0.15) is 4.31 Å². The summed E-state index contributed by atoms with van der Waals surface area (Å²) in [7, 11) is -3.28. The Morgan fingerprint density at radius 3 is 2.55 bits per heavy atom. The highest BCUT2D eigenvalue weighted by atomic mass is 79.9. The SMILES string of the molecule is CCNCC1CCN(S(=O)(=O)c2ccc(Br)s2)CC1.Cl. The summed E-state index contributed by atoms with van der Waals surface area (Å²) < 4.78 is 27.8. The summed E-state index contributed by atoms with van der Waals surface area (Å²) in [6, 6.07) is 3.46. The number of hydrogen-bond donors (Lipinski definition) is 1. The molecule has 1 N–H and O–H groups in total. The standard InChI is InChI=1S/C12H19BrN2O2S2.ClH/c1-2-14-9-10-5-7-15(8-6-10)19(16,17)12-4-3-11(13)18-12;/h3-4,10,14H,2,5-9H2,1H3;1H. The number of halogens is 2. The third-order valence-electron chi connectivity index (χ3n) is 3.40. The maximum Gasteiger partial charge on any atom is 0.252 e. The Labute approximate surface area is 139 Å². The third-order valence-corrected chi connectivity index (χ3v) is 7.39. The fourth-order valence-corrected chi connectivity index (χ4v) is 5.90. The lowest BCUT2D eigenvalue weighted by Crippen LogP contribution is -2.40. The molecule has 1 aromatic heterocycles. The van der Waals surface area contributed by atoms with Gasteiger partial charge in [-0.25, -0.2) is 8.42 Å². The van der Waals surface area contributed by atoms with Crippen LogP contribution >= 0.6 is 39.7 Å². The highest BCUT2D eigenvalue weighted by molar-refractivity contribution is 9.11. The van der Waals surface area contributed by atoms with Gasteiger partial charge in [-0.1, -0.05) is 6.92 Å². The van der Waals surface area contributed by atoms with Gasteiger partial charge in [0.2, 0.25) is 0 Å². The molecule has 0 atom stereocenters. The summed E-state index contributed by atoms with van der Waals surface area (Å²) in [5, 5.41) is 3.33. The second-order valence-corrected chi connectivity index (χ2v) is 9.34. The van der Waals surface area contributed by atoms with E-state index < -0.39 is 10.0 Å². The number of nitrogens with one attached hydrogen (secondary N) is 1. The Bertz CT molecular complexity index is 513. The Morgan fingerprint density at radius 1 is 1.40 bits per heavy atom. The van der Waals surface area contributed by atoms with Crippen LogP contribution < -0.4 is 5.32 Å². The molecule has 0 aliphatic carbocycles. The molecule has 2 rings (SSSR count). The number of hydrogen-bond acceptors (Lipinski definition) is 4. The molecular formula is C12H20BrClN2O2S2. The first kappa shape index (κ1) is 18.4. The van der Waals surface area contributed by atoms with E-state index in [2.05, 4.69) is 28.2 Å². The first-order valence-corrected chi connectivity index (χ1v) is 9.55. The summed E-state index contributed by atoms with van der Waals surface area (Å²) in [5.41, 5.74) is 0. The average Bonchev–Trinajstić information content (AvgIpc) is 2.84. The molecule has 20 heavy (non-hydrogen) atoms. The van der Waals surface area contributed by atoms with Crippen molar-refractivity contribution in [3.05, 3.63) is 15.9 Å². The zero-order valence-electron chi connectivity index (χ0n) is 11.3. The maximum absolute atomic E-state index is 12.4. The monoisotopic (exact) mass is 402 g/mol. The van der Waals surface area contributed by atoms with Gasteiger partial charge in [-0.15, -0.1) is 23.7 Å². The molecule has 1 fully saturated rings. The zero-order valence-corrected chi connectivity index (χ0v) is 15.4. The summed E-state index contributed by atoms with van der Waals surface area (Å²) >= 11 is 4.59. The molecule has 0 spiro atoms. The van der Waals surface area contributed by atoms with Crippen molar-refractivity contribution in [2.24, 2.45) is 5.92 Å². The normalized spacial score (nSPS) is 17.9. The smallest absolute Gasteiger partial charge is 0.252 e. The van der Waals surface area contributed by atoms with Gasteiger partial charge in [0.25, 0.3) is 10.0 Å². The quantitative estimate of drug-likeness (QED) is 0.822. The summed E-state index contributed by atoms with van der Waals surface area (Å²) in [5.74, 6) is 0.599. The van der Waals surface area contributed by atoms with E-state index in [-0.39, 0.29) is 12.4 Å². The van der Waals surface area contributed by atoms with Crippen LogP contribution in [0.5, 0.6) is 0 Å². The number of sulfonamides is 1. The van der Waals surface area contributed by atoms with Crippen LogP contribution in [0.15, 0.2) is 20.1 Å². The molecule has 2 heterocycles. The fraction of sp³-hybridized carbons (Fsp3) is 0.667. The predicted molar refractivity (Wildman–Crippen MR) is 89.3 cm³/mol. The molecule has 0 amide bonds. The largest absolute Gasteiger partial charge is 0.317 e. The van der Waals surface area contributed by atoms with E-state index in [1.54, 1.807) is 16.4 Å². The van der Waals surface area contributed by atoms with E-state index in [9.17, 15) is 8.42 Å². The first-order chi connectivity index (χ1) is 9.04. The van der Waals surface area contributed by atoms with E-state index in [4.69, 9.17) is 0 Å². The molecule has 1 aliphatic rings. The van der Waals surface area contributed by atoms with Gasteiger partial charge >= 0.3 is 0 Å². The van der Waals surface area contributed by atoms with Gasteiger partial charge in [0, 0.05) is 13.1 Å². The van der Waals surface area contributed by atoms with Crippen molar-refractivity contribution in [2.75, 3.05) is 26.2 Å². The Kier molecular flexibility index (Phi) is 7.45. The molecule has 0 unspecified atom stereocenters.